The van der Waals surface area contributed by atoms with Crippen LogP contribution in [0, 0.1) is 5.92 Å². The third-order valence-corrected chi connectivity index (χ3v) is 8.24. The number of carbonyl (C=O) groups excluding carboxylic acids is 1. The highest BCUT2D eigenvalue weighted by Crippen LogP contribution is 2.52. The number of benzene rings is 1. The maximum Gasteiger partial charge on any atom is 0.380 e. The van der Waals surface area contributed by atoms with Gasteiger partial charge >= 0.3 is 19.3 Å². The van der Waals surface area contributed by atoms with Crippen molar-refractivity contribution in [2.75, 3.05) is 19.4 Å². The van der Waals surface area contributed by atoms with Crippen LogP contribution in [0.25, 0.3) is 0 Å². The Morgan fingerprint density at radius 2 is 1.95 bits per heavy atom. The van der Waals surface area contributed by atoms with Gasteiger partial charge in [0.2, 0.25) is 0 Å². The molecule has 0 amide bonds. The van der Waals surface area contributed by atoms with Crippen molar-refractivity contribution < 1.29 is 37.7 Å². The molecule has 1 spiro atoms. The van der Waals surface area contributed by atoms with Gasteiger partial charge in [-0.1, -0.05) is 25.1 Å². The Morgan fingerprint density at radius 1 is 1.24 bits per heavy atom. The molecule has 1 unspecified atom stereocenters. The molecule has 1 aromatic carbocycles. The Balaban J connectivity index is 1.53. The molecule has 12 nitrogen and oxygen atoms in total. The Labute approximate surface area is 213 Å². The number of rotatable bonds is 10. The van der Waals surface area contributed by atoms with Gasteiger partial charge in [-0.3, -0.25) is 23.7 Å². The quantitative estimate of drug-likeness (QED) is 0.338. The average molecular weight is 538 g/mol. The minimum atomic E-state index is -3.96. The van der Waals surface area contributed by atoms with E-state index in [1.807, 2.05) is 0 Å². The topological polar surface area (TPSA) is 155 Å². The molecule has 2 N–H and O–H groups in total. The van der Waals surface area contributed by atoms with Crippen molar-refractivity contribution in [2.45, 2.75) is 57.3 Å². The number of H-pyrrole nitrogens is 1. The fourth-order valence-electron chi connectivity index (χ4n) is 4.33. The summed E-state index contributed by atoms with van der Waals surface area (Å²) >= 11 is 0. The average Bonchev–Trinajstić information content (AvgIpc) is 3.10. The highest BCUT2D eigenvalue weighted by Gasteiger charge is 2.62. The minimum Gasteiger partial charge on any atom is -0.463 e. The van der Waals surface area contributed by atoms with Crippen molar-refractivity contribution in [3.8, 4) is 5.75 Å². The van der Waals surface area contributed by atoms with Crippen molar-refractivity contribution >= 4 is 13.6 Å². The number of aliphatic hydroxyl groups excluding tert-OH is 1. The summed E-state index contributed by atoms with van der Waals surface area (Å²) in [6.07, 6.45) is -2.31. The molecule has 2 aliphatic heterocycles. The summed E-state index contributed by atoms with van der Waals surface area (Å²) in [6, 6.07) is 9.52. The molecule has 37 heavy (non-hydrogen) atoms. The first kappa shape index (κ1) is 27.3. The van der Waals surface area contributed by atoms with E-state index < -0.39 is 54.8 Å². The zero-order valence-corrected chi connectivity index (χ0v) is 21.7. The third kappa shape index (κ3) is 5.89. The van der Waals surface area contributed by atoms with Crippen LogP contribution in [0.15, 0.2) is 52.2 Å². The molecule has 2 fully saturated rings. The minimum absolute atomic E-state index is 0.277. The summed E-state index contributed by atoms with van der Waals surface area (Å²) in [5.41, 5.74) is -2.54. The van der Waals surface area contributed by atoms with E-state index in [0.717, 1.165) is 10.6 Å². The summed E-state index contributed by atoms with van der Waals surface area (Å²) in [7, 11) is -3.96. The lowest BCUT2D eigenvalue weighted by Gasteiger charge is -2.44. The summed E-state index contributed by atoms with van der Waals surface area (Å²) in [6.45, 7) is 4.95. The Hall–Kier alpha value is -2.76. The van der Waals surface area contributed by atoms with Crippen LogP contribution < -0.4 is 15.8 Å². The smallest absolute Gasteiger partial charge is 0.380 e. The number of aromatic amines is 1. The van der Waals surface area contributed by atoms with E-state index in [4.69, 9.17) is 23.3 Å². The van der Waals surface area contributed by atoms with Gasteiger partial charge in [-0.25, -0.2) is 9.36 Å². The van der Waals surface area contributed by atoms with Crippen molar-refractivity contribution in [1.82, 2.24) is 9.55 Å². The predicted molar refractivity (Wildman–Crippen MR) is 130 cm³/mol. The van der Waals surface area contributed by atoms with E-state index in [2.05, 4.69) is 4.98 Å². The fourth-order valence-corrected chi connectivity index (χ4v) is 6.20. The first-order chi connectivity index (χ1) is 17.5. The van der Waals surface area contributed by atoms with Crippen LogP contribution in [0.5, 0.6) is 5.75 Å². The van der Waals surface area contributed by atoms with E-state index in [9.17, 15) is 24.1 Å². The molecule has 0 aliphatic carbocycles. The number of hydrogen-bond donors (Lipinski definition) is 2. The van der Waals surface area contributed by atoms with Crippen molar-refractivity contribution in [2.24, 2.45) is 5.92 Å². The Kier molecular flexibility index (Phi) is 8.05. The molecule has 0 bridgehead atoms. The van der Waals surface area contributed by atoms with Gasteiger partial charge in [-0.2, -0.15) is 0 Å². The lowest BCUT2D eigenvalue weighted by molar-refractivity contribution is -0.227. The molecule has 6 atom stereocenters. The van der Waals surface area contributed by atoms with Gasteiger partial charge in [-0.15, -0.1) is 0 Å². The molecule has 0 radical (unpaired) electrons. The molecule has 0 saturated carbocycles. The zero-order chi connectivity index (χ0) is 26.8. The molecule has 1 aromatic heterocycles. The first-order valence-corrected chi connectivity index (χ1v) is 13.7. The van der Waals surface area contributed by atoms with Crippen LogP contribution in [0.2, 0.25) is 0 Å². The summed E-state index contributed by atoms with van der Waals surface area (Å²) in [4.78, 5) is 38.4. The number of carbonyl (C=O) groups is 1. The highest BCUT2D eigenvalue weighted by molar-refractivity contribution is 7.54. The third-order valence-electron chi connectivity index (χ3n) is 6.22. The molecular weight excluding hydrogens is 507 g/mol. The molecule has 202 valence electrons. The zero-order valence-electron chi connectivity index (χ0n) is 20.8. The monoisotopic (exact) mass is 538 g/mol. The second-order valence-corrected chi connectivity index (χ2v) is 11.5. The fraction of sp³-hybridized carbons (Fsp3) is 0.542. The van der Waals surface area contributed by atoms with Gasteiger partial charge < -0.3 is 23.8 Å². The number of ether oxygens (including phenoxy) is 3. The lowest BCUT2D eigenvalue weighted by atomic mass is 9.86. The largest absolute Gasteiger partial charge is 0.463 e. The predicted octanol–water partition coefficient (Wildman–Crippen LogP) is 1.83. The summed E-state index contributed by atoms with van der Waals surface area (Å²) in [5.74, 6) is -1.08. The number of hydrogen-bond acceptors (Lipinski definition) is 10. The van der Waals surface area contributed by atoms with Crippen LogP contribution in [0.3, 0.4) is 0 Å². The normalized spacial score (nSPS) is 27.4. The second kappa shape index (κ2) is 10.9. The van der Waals surface area contributed by atoms with Crippen molar-refractivity contribution in [3.63, 3.8) is 0 Å². The van der Waals surface area contributed by atoms with Crippen molar-refractivity contribution in [3.05, 3.63) is 63.4 Å². The summed E-state index contributed by atoms with van der Waals surface area (Å²) in [5, 5.41) is 11.1. The SMILES string of the molecule is CC(C)OC(=O)[C@H](C)CP(=O)(OC[C@H]1O[C@@H](n2ccc(=O)[nH]c2=O)[C@@]2(CCO2)[C@@H]1O)Oc1ccccc1. The molecule has 3 heterocycles. The standard InChI is InChI=1S/C24H31N2O10P/c1-15(2)34-21(29)16(3)14-37(31,36-17-7-5-4-6-8-17)33-13-18-20(28)24(10-12-32-24)22(35-18)26-11-9-19(27)25-23(26)30/h4-9,11,15-16,18,20,22,28H,10,12-14H2,1-3H3,(H,25,27,30)/t16-,18-,20-,22-,24-,37?/m1/s1. The number of aromatic nitrogens is 2. The Morgan fingerprint density at radius 3 is 2.54 bits per heavy atom. The molecular formula is C24H31N2O10P. The highest BCUT2D eigenvalue weighted by atomic mass is 31.2. The molecule has 2 aliphatic rings. The maximum atomic E-state index is 13.8. The van der Waals surface area contributed by atoms with Gasteiger partial charge in [0.05, 0.1) is 31.4 Å². The van der Waals surface area contributed by atoms with Gasteiger partial charge in [0.15, 0.2) is 6.23 Å². The van der Waals surface area contributed by atoms with Crippen LogP contribution >= 0.6 is 7.60 Å². The van der Waals surface area contributed by atoms with Gasteiger partial charge in [0.25, 0.3) is 5.56 Å². The van der Waals surface area contributed by atoms with Crippen LogP contribution in [0.4, 0.5) is 0 Å². The number of para-hydroxylation sites is 1. The van der Waals surface area contributed by atoms with Crippen molar-refractivity contribution in [1.29, 1.82) is 0 Å². The first-order valence-electron chi connectivity index (χ1n) is 12.0. The number of aliphatic hydroxyl groups is 1. The number of nitrogens with zero attached hydrogens (tertiary/aromatic N) is 1. The lowest BCUT2D eigenvalue weighted by Crippen LogP contribution is -2.57. The van der Waals surface area contributed by atoms with Crippen LogP contribution in [-0.2, 0) is 28.1 Å². The molecule has 13 heteroatoms. The van der Waals surface area contributed by atoms with E-state index in [1.165, 1.54) is 6.20 Å². The van der Waals surface area contributed by atoms with Gasteiger partial charge in [0.1, 0.15) is 23.6 Å². The number of nitrogens with one attached hydrogen (secondary N) is 1. The molecule has 2 saturated heterocycles. The van der Waals surface area contributed by atoms with E-state index >= 15 is 0 Å². The molecule has 2 aromatic rings. The van der Waals surface area contributed by atoms with Gasteiger partial charge in [-0.05, 0) is 26.0 Å². The van der Waals surface area contributed by atoms with Gasteiger partial charge in [0, 0.05) is 18.7 Å². The second-order valence-electron chi connectivity index (χ2n) is 9.42. The van der Waals surface area contributed by atoms with Crippen LogP contribution in [-0.4, -0.2) is 63.9 Å². The van der Waals surface area contributed by atoms with E-state index in [0.29, 0.717) is 13.0 Å². The molecule has 4 rings (SSSR count). The maximum absolute atomic E-state index is 13.8. The number of esters is 1. The Bertz CT molecular complexity index is 1260. The summed E-state index contributed by atoms with van der Waals surface area (Å²) < 4.78 is 43.3. The van der Waals surface area contributed by atoms with E-state index in [1.54, 1.807) is 51.1 Å². The van der Waals surface area contributed by atoms with E-state index in [-0.39, 0.29) is 24.6 Å². The van der Waals surface area contributed by atoms with Crippen LogP contribution in [0.1, 0.15) is 33.4 Å².